The van der Waals surface area contributed by atoms with Gasteiger partial charge in [0.25, 0.3) is 5.91 Å². The number of anilines is 2. The smallest absolute Gasteiger partial charge is 0.275 e. The predicted octanol–water partition coefficient (Wildman–Crippen LogP) is 2.32. The third-order valence-corrected chi connectivity index (χ3v) is 3.60. The first-order chi connectivity index (χ1) is 11.0. The van der Waals surface area contributed by atoms with Crippen LogP contribution in [0.3, 0.4) is 0 Å². The summed E-state index contributed by atoms with van der Waals surface area (Å²) in [4.78, 5) is 22.7. The molecule has 1 aromatic heterocycles. The van der Waals surface area contributed by atoms with E-state index in [9.17, 15) is 4.79 Å². The van der Waals surface area contributed by atoms with Gasteiger partial charge in [0.1, 0.15) is 11.5 Å². The van der Waals surface area contributed by atoms with Gasteiger partial charge in [-0.1, -0.05) is 12.1 Å². The zero-order chi connectivity index (χ0) is 16.8. The van der Waals surface area contributed by atoms with Crippen LogP contribution in [0.5, 0.6) is 0 Å². The number of hydrogen-bond acceptors (Lipinski definition) is 5. The van der Waals surface area contributed by atoms with Crippen molar-refractivity contribution in [1.82, 2.24) is 14.9 Å². The van der Waals surface area contributed by atoms with Gasteiger partial charge < -0.3 is 15.5 Å². The second kappa shape index (κ2) is 7.69. The van der Waals surface area contributed by atoms with Crippen LogP contribution in [0, 0.1) is 13.8 Å². The molecule has 0 bridgehead atoms. The molecule has 0 unspecified atom stereocenters. The number of nitrogens with zero attached hydrogens (tertiary/aromatic N) is 3. The van der Waals surface area contributed by atoms with Crippen LogP contribution in [0.4, 0.5) is 11.5 Å². The summed E-state index contributed by atoms with van der Waals surface area (Å²) < 4.78 is 0. The average molecular weight is 313 g/mol. The SMILES string of the molecule is Cc1cccc(NC(=O)c2cnc(NCCN(C)C)cn2)c1C. The number of hydrogen-bond donors (Lipinski definition) is 2. The van der Waals surface area contributed by atoms with Crippen molar-refractivity contribution in [2.75, 3.05) is 37.8 Å². The van der Waals surface area contributed by atoms with Crippen molar-refractivity contribution in [3.05, 3.63) is 47.4 Å². The lowest BCUT2D eigenvalue weighted by Crippen LogP contribution is -2.21. The Morgan fingerprint density at radius 1 is 1.17 bits per heavy atom. The van der Waals surface area contributed by atoms with E-state index in [1.165, 1.54) is 6.20 Å². The Morgan fingerprint density at radius 2 is 1.96 bits per heavy atom. The zero-order valence-corrected chi connectivity index (χ0v) is 14.1. The van der Waals surface area contributed by atoms with Crippen molar-refractivity contribution in [1.29, 1.82) is 0 Å². The maximum atomic E-state index is 12.3. The lowest BCUT2D eigenvalue weighted by molar-refractivity contribution is 0.102. The summed E-state index contributed by atoms with van der Waals surface area (Å²) in [6.07, 6.45) is 3.06. The molecular weight excluding hydrogens is 290 g/mol. The minimum absolute atomic E-state index is 0.258. The highest BCUT2D eigenvalue weighted by Gasteiger charge is 2.10. The average Bonchev–Trinajstić information content (AvgIpc) is 2.52. The fraction of sp³-hybridized carbons (Fsp3) is 0.353. The molecule has 0 aliphatic carbocycles. The summed E-state index contributed by atoms with van der Waals surface area (Å²) in [6, 6.07) is 5.81. The Bertz CT molecular complexity index is 667. The van der Waals surface area contributed by atoms with E-state index in [1.54, 1.807) is 6.20 Å². The number of carbonyl (C=O) groups is 1. The van der Waals surface area contributed by atoms with Gasteiger partial charge in [0.2, 0.25) is 0 Å². The molecule has 0 fully saturated rings. The maximum Gasteiger partial charge on any atom is 0.275 e. The molecule has 0 saturated carbocycles. The van der Waals surface area contributed by atoms with Crippen molar-refractivity contribution in [2.45, 2.75) is 13.8 Å². The normalized spacial score (nSPS) is 10.7. The number of aryl methyl sites for hydroxylation is 1. The van der Waals surface area contributed by atoms with Gasteiger partial charge in [-0.2, -0.15) is 0 Å². The molecule has 2 N–H and O–H groups in total. The standard InChI is InChI=1S/C17H23N5O/c1-12-6-5-7-14(13(12)2)21-17(23)15-10-20-16(11-19-15)18-8-9-22(3)4/h5-7,10-11H,8-9H2,1-4H3,(H,18,20)(H,21,23). The molecule has 0 aliphatic heterocycles. The predicted molar refractivity (Wildman–Crippen MR) is 92.9 cm³/mol. The molecule has 1 amide bonds. The molecule has 2 rings (SSSR count). The monoisotopic (exact) mass is 313 g/mol. The molecule has 6 heteroatoms. The second-order valence-corrected chi connectivity index (χ2v) is 5.72. The number of amides is 1. The van der Waals surface area contributed by atoms with Gasteiger partial charge >= 0.3 is 0 Å². The molecule has 0 spiro atoms. The van der Waals surface area contributed by atoms with Crippen LogP contribution >= 0.6 is 0 Å². The molecule has 1 heterocycles. The van der Waals surface area contributed by atoms with Crippen LogP contribution in [-0.4, -0.2) is 48.0 Å². The molecule has 6 nitrogen and oxygen atoms in total. The van der Waals surface area contributed by atoms with Crippen LogP contribution in [0.2, 0.25) is 0 Å². The fourth-order valence-electron chi connectivity index (χ4n) is 2.02. The number of rotatable bonds is 6. The first-order valence-electron chi connectivity index (χ1n) is 7.55. The lowest BCUT2D eigenvalue weighted by Gasteiger charge is -2.11. The van der Waals surface area contributed by atoms with E-state index >= 15 is 0 Å². The minimum Gasteiger partial charge on any atom is -0.368 e. The van der Waals surface area contributed by atoms with E-state index in [1.807, 2.05) is 46.1 Å². The second-order valence-electron chi connectivity index (χ2n) is 5.72. The van der Waals surface area contributed by atoms with Crippen molar-refractivity contribution < 1.29 is 4.79 Å². The highest BCUT2D eigenvalue weighted by Crippen LogP contribution is 2.18. The fourth-order valence-corrected chi connectivity index (χ4v) is 2.02. The molecule has 2 aromatic rings. The number of carbonyl (C=O) groups excluding carboxylic acids is 1. The summed E-state index contributed by atoms with van der Waals surface area (Å²) in [5.41, 5.74) is 3.28. The van der Waals surface area contributed by atoms with Crippen LogP contribution < -0.4 is 10.6 Å². The van der Waals surface area contributed by atoms with Gasteiger partial charge in [0.05, 0.1) is 12.4 Å². The van der Waals surface area contributed by atoms with Gasteiger partial charge in [-0.25, -0.2) is 9.97 Å². The molecule has 0 radical (unpaired) electrons. The van der Waals surface area contributed by atoms with Crippen molar-refractivity contribution >= 4 is 17.4 Å². The largest absolute Gasteiger partial charge is 0.368 e. The Morgan fingerprint density at radius 3 is 2.61 bits per heavy atom. The minimum atomic E-state index is -0.258. The van der Waals surface area contributed by atoms with Crippen LogP contribution in [0.1, 0.15) is 21.6 Å². The summed E-state index contributed by atoms with van der Waals surface area (Å²) in [7, 11) is 4.02. The van der Waals surface area contributed by atoms with E-state index in [2.05, 4.69) is 25.5 Å². The number of benzene rings is 1. The topological polar surface area (TPSA) is 70.2 Å². The number of aromatic nitrogens is 2. The first kappa shape index (κ1) is 16.9. The van der Waals surface area contributed by atoms with Gasteiger partial charge in [-0.05, 0) is 45.1 Å². The summed E-state index contributed by atoms with van der Waals surface area (Å²) in [5, 5.41) is 6.04. The Hall–Kier alpha value is -2.47. The molecule has 1 aromatic carbocycles. The van der Waals surface area contributed by atoms with E-state index in [-0.39, 0.29) is 5.91 Å². The molecule has 122 valence electrons. The number of likely N-dealkylation sites (N-methyl/N-ethyl adjacent to an activating group) is 1. The van der Waals surface area contributed by atoms with Gasteiger partial charge in [0, 0.05) is 18.8 Å². The highest BCUT2D eigenvalue weighted by atomic mass is 16.1. The van der Waals surface area contributed by atoms with E-state index in [4.69, 9.17) is 0 Å². The Kier molecular flexibility index (Phi) is 5.65. The molecule has 23 heavy (non-hydrogen) atoms. The number of nitrogens with one attached hydrogen (secondary N) is 2. The summed E-state index contributed by atoms with van der Waals surface area (Å²) in [6.45, 7) is 5.67. The van der Waals surface area contributed by atoms with Crippen molar-refractivity contribution in [3.63, 3.8) is 0 Å². The third kappa shape index (κ3) is 4.75. The molecule has 0 saturated heterocycles. The van der Waals surface area contributed by atoms with Crippen molar-refractivity contribution in [2.24, 2.45) is 0 Å². The molecular formula is C17H23N5O. The Balaban J connectivity index is 1.98. The van der Waals surface area contributed by atoms with Crippen LogP contribution in [-0.2, 0) is 0 Å². The molecule has 0 aliphatic rings. The summed E-state index contributed by atoms with van der Waals surface area (Å²) in [5.74, 6) is 0.404. The Labute approximate surface area is 137 Å². The van der Waals surface area contributed by atoms with Crippen LogP contribution in [0.25, 0.3) is 0 Å². The maximum absolute atomic E-state index is 12.3. The van der Waals surface area contributed by atoms with E-state index < -0.39 is 0 Å². The van der Waals surface area contributed by atoms with Crippen molar-refractivity contribution in [3.8, 4) is 0 Å². The summed E-state index contributed by atoms with van der Waals surface area (Å²) >= 11 is 0. The van der Waals surface area contributed by atoms with Gasteiger partial charge in [0.15, 0.2) is 0 Å². The highest BCUT2D eigenvalue weighted by molar-refractivity contribution is 6.03. The van der Waals surface area contributed by atoms with E-state index in [0.29, 0.717) is 11.5 Å². The van der Waals surface area contributed by atoms with Gasteiger partial charge in [-0.15, -0.1) is 0 Å². The van der Waals surface area contributed by atoms with Gasteiger partial charge in [-0.3, -0.25) is 4.79 Å². The zero-order valence-electron chi connectivity index (χ0n) is 14.1. The lowest BCUT2D eigenvalue weighted by atomic mass is 10.1. The first-order valence-corrected chi connectivity index (χ1v) is 7.55. The quantitative estimate of drug-likeness (QED) is 0.856. The molecule has 0 atom stereocenters. The van der Waals surface area contributed by atoms with E-state index in [0.717, 1.165) is 29.9 Å². The van der Waals surface area contributed by atoms with Crippen LogP contribution in [0.15, 0.2) is 30.6 Å². The third-order valence-electron chi connectivity index (χ3n) is 3.60.